The smallest absolute Gasteiger partial charge is 0.309 e. The third kappa shape index (κ3) is 5.46. The largest absolute Gasteiger partial charge is 0.492 e. The highest BCUT2D eigenvalue weighted by molar-refractivity contribution is 5.71. The summed E-state index contributed by atoms with van der Waals surface area (Å²) in [7, 11) is 1.63. The van der Waals surface area contributed by atoms with E-state index in [-0.39, 0.29) is 5.92 Å². The van der Waals surface area contributed by atoms with E-state index in [1.165, 1.54) is 12.8 Å². The number of aliphatic carboxylic acids is 1. The second-order valence-corrected chi connectivity index (χ2v) is 10.0. The lowest BCUT2D eigenvalue weighted by atomic mass is 10.0. The van der Waals surface area contributed by atoms with E-state index >= 15 is 0 Å². The summed E-state index contributed by atoms with van der Waals surface area (Å²) in [5, 5.41) is 13.3. The number of methoxy groups -OCH3 is 1. The van der Waals surface area contributed by atoms with Gasteiger partial charge in [0, 0.05) is 48.4 Å². The zero-order chi connectivity index (χ0) is 25.9. The van der Waals surface area contributed by atoms with Crippen molar-refractivity contribution in [3.63, 3.8) is 0 Å². The van der Waals surface area contributed by atoms with Crippen LogP contribution in [0.25, 0.3) is 22.8 Å². The van der Waals surface area contributed by atoms with Crippen molar-refractivity contribution in [1.82, 2.24) is 20.0 Å². The van der Waals surface area contributed by atoms with Gasteiger partial charge in [0.05, 0.1) is 13.0 Å². The van der Waals surface area contributed by atoms with Crippen LogP contribution in [0, 0.1) is 12.8 Å². The molecule has 0 radical (unpaired) electrons. The minimum atomic E-state index is -0.724. The molecule has 196 valence electrons. The summed E-state index contributed by atoms with van der Waals surface area (Å²) >= 11 is 0. The van der Waals surface area contributed by atoms with Crippen molar-refractivity contribution >= 4 is 5.97 Å². The van der Waals surface area contributed by atoms with Gasteiger partial charge in [-0.3, -0.25) is 9.69 Å². The summed E-state index contributed by atoms with van der Waals surface area (Å²) in [5.41, 5.74) is 4.78. The number of rotatable bonds is 10. The van der Waals surface area contributed by atoms with Crippen molar-refractivity contribution in [3.8, 4) is 34.5 Å². The Kier molecular flexibility index (Phi) is 7.41. The maximum Gasteiger partial charge on any atom is 0.309 e. The number of carboxylic acid groups (broad SMARTS) is 1. The molecule has 1 aliphatic carbocycles. The minimum Gasteiger partial charge on any atom is -0.492 e. The quantitative estimate of drug-likeness (QED) is 0.417. The molecule has 1 aromatic carbocycles. The molecule has 1 aliphatic heterocycles. The SMILES string of the molecule is CCc1cc(-c2nc(-c3cc(OC)nc(C4CCCC4)c3)no2)cc(C)c1OCCN1CC(C(=O)O)C1. The van der Waals surface area contributed by atoms with Crippen molar-refractivity contribution in [1.29, 1.82) is 0 Å². The number of aromatic nitrogens is 3. The number of ether oxygens (including phenoxy) is 2. The van der Waals surface area contributed by atoms with Gasteiger partial charge in [0.1, 0.15) is 12.4 Å². The summed E-state index contributed by atoms with van der Waals surface area (Å²) < 4.78 is 17.3. The zero-order valence-electron chi connectivity index (χ0n) is 21.7. The molecule has 0 spiro atoms. The van der Waals surface area contributed by atoms with E-state index in [0.717, 1.165) is 53.0 Å². The highest BCUT2D eigenvalue weighted by atomic mass is 16.5. The van der Waals surface area contributed by atoms with E-state index in [1.807, 2.05) is 25.1 Å². The molecule has 5 rings (SSSR count). The molecular weight excluding hydrogens is 472 g/mol. The number of hydrogen-bond acceptors (Lipinski definition) is 8. The number of carboxylic acids is 1. The molecular formula is C28H34N4O5. The minimum absolute atomic E-state index is 0.256. The second-order valence-electron chi connectivity index (χ2n) is 10.0. The van der Waals surface area contributed by atoms with Gasteiger partial charge in [-0.25, -0.2) is 4.98 Å². The van der Waals surface area contributed by atoms with Crippen LogP contribution in [-0.4, -0.2) is 64.5 Å². The van der Waals surface area contributed by atoms with Gasteiger partial charge in [0.2, 0.25) is 11.7 Å². The Balaban J connectivity index is 1.31. The van der Waals surface area contributed by atoms with Gasteiger partial charge in [0.25, 0.3) is 5.89 Å². The summed E-state index contributed by atoms with van der Waals surface area (Å²) in [5.74, 6) is 1.86. The number of likely N-dealkylation sites (tertiary alicyclic amines) is 1. The number of pyridine rings is 1. The van der Waals surface area contributed by atoms with E-state index in [0.29, 0.717) is 49.8 Å². The Hall–Kier alpha value is -3.46. The Morgan fingerprint density at radius 3 is 2.62 bits per heavy atom. The maximum atomic E-state index is 11.0. The summed E-state index contributed by atoms with van der Waals surface area (Å²) in [6.07, 6.45) is 5.54. The Morgan fingerprint density at radius 2 is 1.92 bits per heavy atom. The van der Waals surface area contributed by atoms with Crippen LogP contribution in [-0.2, 0) is 11.2 Å². The van der Waals surface area contributed by atoms with Crippen LogP contribution in [0.2, 0.25) is 0 Å². The summed E-state index contributed by atoms with van der Waals surface area (Å²) in [6, 6.07) is 7.96. The van der Waals surface area contributed by atoms with E-state index in [9.17, 15) is 4.79 Å². The number of benzene rings is 1. The Labute approximate surface area is 216 Å². The summed E-state index contributed by atoms with van der Waals surface area (Å²) in [6.45, 7) is 6.49. The predicted molar refractivity (Wildman–Crippen MR) is 138 cm³/mol. The Morgan fingerprint density at radius 1 is 1.14 bits per heavy atom. The van der Waals surface area contributed by atoms with E-state index < -0.39 is 5.97 Å². The molecule has 3 aromatic rings. The summed E-state index contributed by atoms with van der Waals surface area (Å²) in [4.78, 5) is 22.5. The molecule has 2 aliphatic rings. The van der Waals surface area contributed by atoms with Crippen LogP contribution in [0.15, 0.2) is 28.8 Å². The third-order valence-electron chi connectivity index (χ3n) is 7.43. The van der Waals surface area contributed by atoms with Crippen LogP contribution in [0.3, 0.4) is 0 Å². The average Bonchev–Trinajstić information content (AvgIpc) is 3.58. The standard InChI is InChI=1S/C28H34N4O5/c1-4-18-12-21(11-17(2)25(18)36-10-9-32-15-22(16-32)28(33)34)27-30-26(31-37-27)20-13-23(19-7-5-6-8-19)29-24(14-20)35-3/h11-14,19,22H,4-10,15-16H2,1-3H3,(H,33,34). The van der Waals surface area contributed by atoms with Crippen LogP contribution in [0.5, 0.6) is 11.6 Å². The Bertz CT molecular complexity index is 1260. The molecule has 2 fully saturated rings. The molecule has 2 aromatic heterocycles. The van der Waals surface area contributed by atoms with Gasteiger partial charge >= 0.3 is 5.97 Å². The maximum absolute atomic E-state index is 11.0. The lowest BCUT2D eigenvalue weighted by Gasteiger charge is -2.36. The van der Waals surface area contributed by atoms with Crippen molar-refractivity contribution in [3.05, 3.63) is 41.1 Å². The highest BCUT2D eigenvalue weighted by Crippen LogP contribution is 2.36. The van der Waals surface area contributed by atoms with Crippen molar-refractivity contribution in [2.24, 2.45) is 5.92 Å². The number of carbonyl (C=O) groups is 1. The molecule has 9 heteroatoms. The first kappa shape index (κ1) is 25.2. The van der Waals surface area contributed by atoms with Crippen LogP contribution in [0.1, 0.15) is 55.3 Å². The van der Waals surface area contributed by atoms with E-state index in [2.05, 4.69) is 28.0 Å². The van der Waals surface area contributed by atoms with Gasteiger partial charge in [-0.15, -0.1) is 0 Å². The average molecular weight is 507 g/mol. The molecule has 0 amide bonds. The molecule has 0 unspecified atom stereocenters. The first-order chi connectivity index (χ1) is 17.9. The number of nitrogens with zero attached hydrogens (tertiary/aromatic N) is 4. The van der Waals surface area contributed by atoms with E-state index in [4.69, 9.17) is 24.1 Å². The van der Waals surface area contributed by atoms with Gasteiger partial charge in [-0.05, 0) is 55.5 Å². The molecule has 9 nitrogen and oxygen atoms in total. The number of hydrogen-bond donors (Lipinski definition) is 1. The molecule has 1 saturated heterocycles. The van der Waals surface area contributed by atoms with Crippen molar-refractivity contribution < 1.29 is 23.9 Å². The molecule has 1 N–H and O–H groups in total. The lowest BCUT2D eigenvalue weighted by Crippen LogP contribution is -2.51. The second kappa shape index (κ2) is 10.9. The van der Waals surface area contributed by atoms with Crippen LogP contribution >= 0.6 is 0 Å². The van der Waals surface area contributed by atoms with Crippen molar-refractivity contribution in [2.75, 3.05) is 33.4 Å². The molecule has 1 saturated carbocycles. The first-order valence-electron chi connectivity index (χ1n) is 13.1. The highest BCUT2D eigenvalue weighted by Gasteiger charge is 2.32. The van der Waals surface area contributed by atoms with Gasteiger partial charge < -0.3 is 19.1 Å². The first-order valence-corrected chi connectivity index (χ1v) is 13.1. The van der Waals surface area contributed by atoms with Gasteiger partial charge in [0.15, 0.2) is 0 Å². The fourth-order valence-electron chi connectivity index (χ4n) is 5.27. The molecule has 37 heavy (non-hydrogen) atoms. The fraction of sp³-hybridized carbons (Fsp3) is 0.500. The normalized spacial score (nSPS) is 16.6. The predicted octanol–water partition coefficient (Wildman–Crippen LogP) is 4.73. The number of aryl methyl sites for hydroxylation is 2. The van der Waals surface area contributed by atoms with E-state index in [1.54, 1.807) is 7.11 Å². The monoisotopic (exact) mass is 506 g/mol. The molecule has 0 bridgehead atoms. The molecule has 3 heterocycles. The molecule has 0 atom stereocenters. The van der Waals surface area contributed by atoms with Crippen molar-refractivity contribution in [2.45, 2.75) is 51.9 Å². The topological polar surface area (TPSA) is 111 Å². The lowest BCUT2D eigenvalue weighted by molar-refractivity contribution is -0.147. The fourth-order valence-corrected chi connectivity index (χ4v) is 5.27. The zero-order valence-corrected chi connectivity index (χ0v) is 21.7. The van der Waals surface area contributed by atoms with Gasteiger partial charge in [-0.2, -0.15) is 4.98 Å². The third-order valence-corrected chi connectivity index (χ3v) is 7.43. The van der Waals surface area contributed by atoms with Crippen LogP contribution in [0.4, 0.5) is 0 Å². The van der Waals surface area contributed by atoms with Gasteiger partial charge in [-0.1, -0.05) is 24.9 Å². The van der Waals surface area contributed by atoms with Crippen LogP contribution < -0.4 is 9.47 Å².